The van der Waals surface area contributed by atoms with Crippen molar-refractivity contribution in [1.29, 1.82) is 0 Å². The Labute approximate surface area is 231 Å². The third-order valence-corrected chi connectivity index (χ3v) is 8.17. The summed E-state index contributed by atoms with van der Waals surface area (Å²) in [5, 5.41) is 4.19. The van der Waals surface area contributed by atoms with Gasteiger partial charge in [0.15, 0.2) is 0 Å². The fourth-order valence-corrected chi connectivity index (χ4v) is 6.35. The van der Waals surface area contributed by atoms with Crippen molar-refractivity contribution in [3.63, 3.8) is 0 Å². The Kier molecular flexibility index (Phi) is 9.78. The van der Waals surface area contributed by atoms with Crippen LogP contribution in [0.1, 0.15) is 21.5 Å². The minimum absolute atomic E-state index is 0.134. The number of carbonyl (C=O) groups excluding carboxylic acids is 1. The molecular formula is C33H23AuFOP. The molecule has 5 rings (SSSR count). The van der Waals surface area contributed by atoms with E-state index in [-0.39, 0.29) is 11.6 Å². The van der Waals surface area contributed by atoms with E-state index in [9.17, 15) is 9.18 Å². The number of benzene rings is 5. The van der Waals surface area contributed by atoms with E-state index in [1.807, 2.05) is 6.07 Å². The van der Waals surface area contributed by atoms with Crippen LogP contribution in [0.5, 0.6) is 0 Å². The predicted octanol–water partition coefficient (Wildman–Crippen LogP) is 6.36. The molecule has 4 heteroatoms. The summed E-state index contributed by atoms with van der Waals surface area (Å²) in [6, 6.07) is 44.9. The zero-order valence-corrected chi connectivity index (χ0v) is 22.9. The second-order valence-electron chi connectivity index (χ2n) is 7.96. The Hall–Kier alpha value is -3.57. The van der Waals surface area contributed by atoms with Crippen molar-refractivity contribution in [1.82, 2.24) is 0 Å². The number of ketones is 1. The van der Waals surface area contributed by atoms with Gasteiger partial charge >= 0.3 is 117 Å². The normalized spacial score (nSPS) is 10.1. The summed E-state index contributed by atoms with van der Waals surface area (Å²) in [6.07, 6.45) is 0. The summed E-state index contributed by atoms with van der Waals surface area (Å²) in [4.78, 5) is 12.1. The first-order valence-electron chi connectivity index (χ1n) is 11.6. The van der Waals surface area contributed by atoms with Gasteiger partial charge in [0, 0.05) is 0 Å². The quantitative estimate of drug-likeness (QED) is 0.0914. The Balaban J connectivity index is 0.000000173. The van der Waals surface area contributed by atoms with Gasteiger partial charge < -0.3 is 0 Å². The van der Waals surface area contributed by atoms with Crippen LogP contribution in [0.3, 0.4) is 0 Å². The SMILES string of the molecule is O=C(c1ccc(F)cc1)c1cccc(C#[C][Au])c1.c1ccc(P(c2ccccc2)c2ccccc2)cc1. The molecule has 0 radical (unpaired) electrons. The molecule has 0 fully saturated rings. The molecule has 0 saturated carbocycles. The van der Waals surface area contributed by atoms with Gasteiger partial charge in [-0.05, 0) is 23.8 Å². The molecule has 0 heterocycles. The second kappa shape index (κ2) is 13.7. The largest absolute Gasteiger partial charge is 0.0622 e. The average Bonchev–Trinajstić information content (AvgIpc) is 2.96. The monoisotopic (exact) mass is 682 g/mol. The average molecular weight is 682 g/mol. The van der Waals surface area contributed by atoms with E-state index in [1.165, 1.54) is 40.2 Å². The Bertz CT molecular complexity index is 1400. The van der Waals surface area contributed by atoms with Crippen LogP contribution in [0, 0.1) is 15.9 Å². The van der Waals surface area contributed by atoms with Crippen LogP contribution < -0.4 is 15.9 Å². The van der Waals surface area contributed by atoms with Crippen molar-refractivity contribution < 1.29 is 30.3 Å². The van der Waals surface area contributed by atoms with Gasteiger partial charge in [-0.3, -0.25) is 0 Å². The minimum atomic E-state index is -0.446. The molecule has 0 spiro atoms. The molecule has 184 valence electrons. The Morgan fingerprint density at radius 3 is 1.54 bits per heavy atom. The van der Waals surface area contributed by atoms with Gasteiger partial charge in [-0.15, -0.1) is 0 Å². The van der Waals surface area contributed by atoms with E-state index in [0.29, 0.717) is 11.1 Å². The van der Waals surface area contributed by atoms with E-state index >= 15 is 0 Å². The van der Waals surface area contributed by atoms with Gasteiger partial charge in [-0.2, -0.15) is 0 Å². The summed E-state index contributed by atoms with van der Waals surface area (Å²) in [5.41, 5.74) is 1.80. The molecule has 37 heavy (non-hydrogen) atoms. The van der Waals surface area contributed by atoms with Crippen molar-refractivity contribution in [2.45, 2.75) is 0 Å². The molecule has 1 nitrogen and oxygen atoms in total. The summed E-state index contributed by atoms with van der Waals surface area (Å²) in [5.74, 6) is 2.39. The van der Waals surface area contributed by atoms with Crippen molar-refractivity contribution >= 4 is 29.6 Å². The van der Waals surface area contributed by atoms with E-state index in [0.717, 1.165) is 5.56 Å². The maximum atomic E-state index is 12.8. The maximum absolute atomic E-state index is 12.8. The first-order chi connectivity index (χ1) is 18.2. The molecule has 0 amide bonds. The van der Waals surface area contributed by atoms with Crippen molar-refractivity contribution in [2.75, 3.05) is 0 Å². The smallest absolute Gasteiger partial charge is 0.0134 e. The molecule has 5 aromatic carbocycles. The van der Waals surface area contributed by atoms with Crippen LogP contribution >= 0.6 is 7.92 Å². The first-order valence-corrected chi connectivity index (χ1v) is 14.0. The summed E-state index contributed by atoms with van der Waals surface area (Å²) in [6.45, 7) is 0. The van der Waals surface area contributed by atoms with Crippen LogP contribution in [0.25, 0.3) is 0 Å². The number of carbonyl (C=O) groups is 1. The van der Waals surface area contributed by atoms with Crippen LogP contribution in [0.2, 0.25) is 0 Å². The Morgan fingerprint density at radius 1 is 0.595 bits per heavy atom. The van der Waals surface area contributed by atoms with Gasteiger partial charge in [0.25, 0.3) is 0 Å². The fraction of sp³-hybridized carbons (Fsp3) is 0. The van der Waals surface area contributed by atoms with E-state index in [2.05, 4.69) is 122 Å². The second-order valence-corrected chi connectivity index (χ2v) is 10.7. The minimum Gasteiger partial charge on any atom is -0.0622 e. The third kappa shape index (κ3) is 7.46. The standard InChI is InChI=1S/C18H15P.C15H8FO.Au/c1-4-10-16(11-5-1)19(17-12-6-2-7-13-17)18-14-8-3-9-15-18;1-2-11-4-3-5-13(10-11)15(17)12-6-8-14(16)9-7-12;/h1-15H;3-10H;. The van der Waals surface area contributed by atoms with E-state index < -0.39 is 7.92 Å². The topological polar surface area (TPSA) is 17.1 Å². The third-order valence-electron chi connectivity index (χ3n) is 5.46. The fourth-order valence-electron chi connectivity index (χ4n) is 3.73. The molecule has 0 unspecified atom stereocenters. The predicted molar refractivity (Wildman–Crippen MR) is 148 cm³/mol. The summed E-state index contributed by atoms with van der Waals surface area (Å²) in [7, 11) is -0.446. The van der Waals surface area contributed by atoms with Crippen molar-refractivity contribution in [3.8, 4) is 10.1 Å². The molecule has 0 N–H and O–H groups in total. The first kappa shape index (κ1) is 26.5. The maximum Gasteiger partial charge on any atom is -0.0134 e. The molecule has 0 aliphatic rings. The van der Waals surface area contributed by atoms with Gasteiger partial charge in [0.1, 0.15) is 0 Å². The molecule has 0 saturated heterocycles. The molecule has 0 aliphatic carbocycles. The van der Waals surface area contributed by atoms with Gasteiger partial charge in [0.05, 0.1) is 0 Å². The van der Waals surface area contributed by atoms with Gasteiger partial charge in [0.2, 0.25) is 0 Å². The molecule has 0 atom stereocenters. The molecular weight excluding hydrogens is 659 g/mol. The van der Waals surface area contributed by atoms with Crippen LogP contribution in [0.4, 0.5) is 4.39 Å². The van der Waals surface area contributed by atoms with Crippen LogP contribution in [0.15, 0.2) is 140 Å². The van der Waals surface area contributed by atoms with Crippen molar-refractivity contribution in [3.05, 3.63) is 162 Å². The molecule has 5 aromatic rings. The zero-order valence-electron chi connectivity index (χ0n) is 19.8. The van der Waals surface area contributed by atoms with Gasteiger partial charge in [-0.25, -0.2) is 0 Å². The summed E-state index contributed by atoms with van der Waals surface area (Å²) >= 11 is 2.12. The van der Waals surface area contributed by atoms with E-state index in [1.54, 1.807) is 18.2 Å². The van der Waals surface area contributed by atoms with Crippen molar-refractivity contribution in [2.24, 2.45) is 0 Å². The summed E-state index contributed by atoms with van der Waals surface area (Å²) < 4.78 is 15.5. The Morgan fingerprint density at radius 2 is 1.08 bits per heavy atom. The molecule has 0 aromatic heterocycles. The van der Waals surface area contributed by atoms with Gasteiger partial charge in [-0.1, -0.05) is 91.0 Å². The molecule has 0 aliphatic heterocycles. The zero-order chi connectivity index (χ0) is 25.9. The number of rotatable bonds is 5. The number of hydrogen-bond donors (Lipinski definition) is 0. The van der Waals surface area contributed by atoms with Crippen LogP contribution in [-0.2, 0) is 21.1 Å². The number of halogens is 1. The molecule has 0 bridgehead atoms. The van der Waals surface area contributed by atoms with Crippen LogP contribution in [-0.4, -0.2) is 5.78 Å². The van der Waals surface area contributed by atoms with E-state index in [4.69, 9.17) is 0 Å². The number of hydrogen-bond acceptors (Lipinski definition) is 1.